The standard InChI is InChI=1S/C10H6Cl4O2.2H2S/c11-5-2-1-4(3-6(5)12)7-8(9(15)16)10(7,13)14;;/h1-3,7-8H,(H,15,16);2*1H2/t7-,8+;;/m1../s1. The zero-order valence-electron chi connectivity index (χ0n) is 8.75. The van der Waals surface area contributed by atoms with Gasteiger partial charge >= 0.3 is 5.97 Å². The number of carboxylic acid groups (broad SMARTS) is 1. The van der Waals surface area contributed by atoms with Gasteiger partial charge in [0.2, 0.25) is 0 Å². The number of aliphatic carboxylic acids is 1. The van der Waals surface area contributed by atoms with E-state index in [1.54, 1.807) is 18.2 Å². The predicted molar refractivity (Wildman–Crippen MR) is 85.5 cm³/mol. The van der Waals surface area contributed by atoms with Gasteiger partial charge in [-0.25, -0.2) is 0 Å². The maximum Gasteiger partial charge on any atom is 0.310 e. The maximum atomic E-state index is 10.9. The number of carbonyl (C=O) groups is 1. The molecule has 0 amide bonds. The minimum Gasteiger partial charge on any atom is -0.481 e. The molecule has 1 fully saturated rings. The lowest BCUT2D eigenvalue weighted by Crippen LogP contribution is -2.03. The quantitative estimate of drug-likeness (QED) is 0.795. The molecule has 102 valence electrons. The van der Waals surface area contributed by atoms with E-state index in [1.165, 1.54) is 0 Å². The number of rotatable bonds is 2. The summed E-state index contributed by atoms with van der Waals surface area (Å²) in [6.07, 6.45) is 0. The van der Waals surface area contributed by atoms with Crippen LogP contribution in [-0.2, 0) is 4.79 Å². The van der Waals surface area contributed by atoms with Gasteiger partial charge in [0.25, 0.3) is 0 Å². The first kappa shape index (κ1) is 18.6. The van der Waals surface area contributed by atoms with Crippen molar-refractivity contribution >= 4 is 79.4 Å². The van der Waals surface area contributed by atoms with Gasteiger partial charge in [-0.1, -0.05) is 52.5 Å². The molecule has 0 spiro atoms. The van der Waals surface area contributed by atoms with Crippen LogP contribution in [0, 0.1) is 5.92 Å². The van der Waals surface area contributed by atoms with E-state index in [0.29, 0.717) is 15.6 Å². The first-order valence-electron chi connectivity index (χ1n) is 4.41. The van der Waals surface area contributed by atoms with Gasteiger partial charge in [0.15, 0.2) is 0 Å². The summed E-state index contributed by atoms with van der Waals surface area (Å²) in [5.41, 5.74) is 0.687. The first-order valence-corrected chi connectivity index (χ1v) is 5.92. The molecule has 8 heteroatoms. The van der Waals surface area contributed by atoms with Gasteiger partial charge in [-0.2, -0.15) is 27.0 Å². The van der Waals surface area contributed by atoms with E-state index in [9.17, 15) is 4.79 Å². The largest absolute Gasteiger partial charge is 0.481 e. The van der Waals surface area contributed by atoms with Crippen molar-refractivity contribution in [3.05, 3.63) is 33.8 Å². The van der Waals surface area contributed by atoms with Gasteiger partial charge in [0.05, 0.1) is 16.0 Å². The third kappa shape index (κ3) is 3.17. The van der Waals surface area contributed by atoms with E-state index in [0.717, 1.165) is 0 Å². The van der Waals surface area contributed by atoms with Crippen LogP contribution in [0.2, 0.25) is 10.0 Å². The molecule has 2 nitrogen and oxygen atoms in total. The van der Waals surface area contributed by atoms with Crippen LogP contribution in [0.1, 0.15) is 11.5 Å². The van der Waals surface area contributed by atoms with E-state index in [-0.39, 0.29) is 27.0 Å². The SMILES string of the molecule is O=C(O)[C@@H]1[C@@H](c2ccc(Cl)c(Cl)c2)C1(Cl)Cl.S.S. The Bertz CT molecular complexity index is 467. The minimum atomic E-state index is -1.26. The summed E-state index contributed by atoms with van der Waals surface area (Å²) in [6, 6.07) is 4.87. The van der Waals surface area contributed by atoms with Gasteiger partial charge < -0.3 is 5.11 Å². The second-order valence-corrected chi connectivity index (χ2v) is 5.90. The highest BCUT2D eigenvalue weighted by Gasteiger charge is 2.68. The second kappa shape index (κ2) is 6.33. The summed E-state index contributed by atoms with van der Waals surface area (Å²) in [7, 11) is 0. The fourth-order valence-corrected chi connectivity index (χ4v) is 2.88. The van der Waals surface area contributed by atoms with Crippen LogP contribution in [0.5, 0.6) is 0 Å². The average Bonchev–Trinajstić information content (AvgIpc) is 2.74. The van der Waals surface area contributed by atoms with Crippen LogP contribution >= 0.6 is 73.4 Å². The highest BCUT2D eigenvalue weighted by molar-refractivity contribution is 7.59. The van der Waals surface area contributed by atoms with Crippen molar-refractivity contribution in [2.24, 2.45) is 5.92 Å². The summed E-state index contributed by atoms with van der Waals surface area (Å²) in [6.45, 7) is 0. The molecule has 0 bridgehead atoms. The third-order valence-electron chi connectivity index (χ3n) is 2.62. The molecule has 1 aliphatic rings. The fraction of sp³-hybridized carbons (Fsp3) is 0.300. The summed E-state index contributed by atoms with van der Waals surface area (Å²) < 4.78 is -1.26. The monoisotopic (exact) mass is 366 g/mol. The second-order valence-electron chi connectivity index (χ2n) is 3.64. The van der Waals surface area contributed by atoms with Crippen LogP contribution in [0.25, 0.3) is 0 Å². The third-order valence-corrected chi connectivity index (χ3v) is 4.30. The molecular weight excluding hydrogens is 358 g/mol. The number of halogens is 4. The van der Waals surface area contributed by atoms with E-state index in [2.05, 4.69) is 0 Å². The van der Waals surface area contributed by atoms with Crippen LogP contribution in [-0.4, -0.2) is 15.4 Å². The summed E-state index contributed by atoms with van der Waals surface area (Å²) in [4.78, 5) is 10.9. The number of benzene rings is 1. The lowest BCUT2D eigenvalue weighted by Gasteiger charge is -2.02. The lowest BCUT2D eigenvalue weighted by atomic mass is 10.1. The normalized spacial score (nSPS) is 23.6. The van der Waals surface area contributed by atoms with Crippen molar-refractivity contribution in [3.63, 3.8) is 0 Å². The molecule has 0 unspecified atom stereocenters. The van der Waals surface area contributed by atoms with E-state index >= 15 is 0 Å². The van der Waals surface area contributed by atoms with Gasteiger partial charge in [-0.05, 0) is 17.7 Å². The average molecular weight is 368 g/mol. The molecule has 1 N–H and O–H groups in total. The van der Waals surface area contributed by atoms with E-state index < -0.39 is 22.1 Å². The molecule has 1 saturated carbocycles. The molecule has 1 aromatic carbocycles. The van der Waals surface area contributed by atoms with E-state index in [1.807, 2.05) is 0 Å². The van der Waals surface area contributed by atoms with Gasteiger partial charge in [-0.15, -0.1) is 0 Å². The number of hydrogen-bond donors (Lipinski definition) is 1. The summed E-state index contributed by atoms with van der Waals surface area (Å²) in [5.74, 6) is -2.25. The topological polar surface area (TPSA) is 37.3 Å². The molecule has 0 heterocycles. The Labute approximate surface area is 138 Å². The zero-order valence-corrected chi connectivity index (χ0v) is 13.8. The zero-order chi connectivity index (χ0) is 12.1. The molecular formula is C10H10Cl4O2S2. The first-order chi connectivity index (χ1) is 7.35. The van der Waals surface area contributed by atoms with Crippen molar-refractivity contribution in [1.29, 1.82) is 0 Å². The minimum absolute atomic E-state index is 0. The van der Waals surface area contributed by atoms with Gasteiger partial charge in [0.1, 0.15) is 4.33 Å². The lowest BCUT2D eigenvalue weighted by molar-refractivity contribution is -0.138. The van der Waals surface area contributed by atoms with Gasteiger partial charge in [0, 0.05) is 5.92 Å². The molecule has 1 aliphatic carbocycles. The van der Waals surface area contributed by atoms with Crippen molar-refractivity contribution in [3.8, 4) is 0 Å². The predicted octanol–water partition coefficient (Wildman–Crippen LogP) is 4.19. The highest BCUT2D eigenvalue weighted by atomic mass is 35.5. The molecule has 0 aromatic heterocycles. The molecule has 0 saturated heterocycles. The molecule has 0 radical (unpaired) electrons. The van der Waals surface area contributed by atoms with Crippen molar-refractivity contribution in [2.45, 2.75) is 10.3 Å². The van der Waals surface area contributed by atoms with Crippen LogP contribution in [0.15, 0.2) is 18.2 Å². The molecule has 0 aliphatic heterocycles. The van der Waals surface area contributed by atoms with Crippen molar-refractivity contribution in [2.75, 3.05) is 0 Å². The summed E-state index contributed by atoms with van der Waals surface area (Å²) >= 11 is 23.4. The Morgan fingerprint density at radius 1 is 1.17 bits per heavy atom. The Kier molecular flexibility index (Phi) is 6.53. The maximum absolute atomic E-state index is 10.9. The van der Waals surface area contributed by atoms with Crippen LogP contribution in [0.3, 0.4) is 0 Å². The smallest absolute Gasteiger partial charge is 0.310 e. The number of hydrogen-bond acceptors (Lipinski definition) is 1. The van der Waals surface area contributed by atoms with Crippen LogP contribution < -0.4 is 0 Å². The molecule has 2 atom stereocenters. The number of alkyl halides is 2. The Balaban J connectivity index is 0.00000144. The Morgan fingerprint density at radius 3 is 2.11 bits per heavy atom. The van der Waals surface area contributed by atoms with Crippen molar-refractivity contribution < 1.29 is 9.90 Å². The molecule has 18 heavy (non-hydrogen) atoms. The Hall–Kier alpha value is 0.550. The fourth-order valence-electron chi connectivity index (χ4n) is 1.75. The highest BCUT2D eigenvalue weighted by Crippen LogP contribution is 2.65. The van der Waals surface area contributed by atoms with Gasteiger partial charge in [-0.3, -0.25) is 4.79 Å². The Morgan fingerprint density at radius 2 is 1.72 bits per heavy atom. The number of carboxylic acids is 1. The van der Waals surface area contributed by atoms with E-state index in [4.69, 9.17) is 51.5 Å². The van der Waals surface area contributed by atoms with Crippen molar-refractivity contribution in [1.82, 2.24) is 0 Å². The molecule has 1 aromatic rings. The molecule has 2 rings (SSSR count). The van der Waals surface area contributed by atoms with Crippen LogP contribution in [0.4, 0.5) is 0 Å². The summed E-state index contributed by atoms with van der Waals surface area (Å²) in [5, 5.41) is 9.69.